The lowest BCUT2D eigenvalue weighted by Crippen LogP contribution is -2.44. The first kappa shape index (κ1) is 18.2. The van der Waals surface area contributed by atoms with Crippen LogP contribution in [-0.4, -0.2) is 50.8 Å². The molecule has 9 heteroatoms. The third kappa shape index (κ3) is 3.84. The molecule has 1 unspecified atom stereocenters. The van der Waals surface area contributed by atoms with Crippen molar-refractivity contribution in [3.05, 3.63) is 29.8 Å². The molecule has 0 aromatic heterocycles. The summed E-state index contributed by atoms with van der Waals surface area (Å²) < 4.78 is 54.3. The van der Waals surface area contributed by atoms with Crippen LogP contribution in [0, 0.1) is 0 Å². The van der Waals surface area contributed by atoms with Gasteiger partial charge in [-0.25, -0.2) is 8.42 Å². The van der Waals surface area contributed by atoms with Crippen LogP contribution in [0.5, 0.6) is 0 Å². The lowest BCUT2D eigenvalue weighted by atomic mass is 10.0. The van der Waals surface area contributed by atoms with Gasteiger partial charge in [0.1, 0.15) is 0 Å². The monoisotopic (exact) mass is 365 g/mol. The van der Waals surface area contributed by atoms with Gasteiger partial charge in [0.05, 0.1) is 16.1 Å². The molecule has 0 radical (unpaired) electrons. The minimum atomic E-state index is -4.84. The van der Waals surface area contributed by atoms with E-state index in [-0.39, 0.29) is 12.1 Å². The van der Waals surface area contributed by atoms with Gasteiger partial charge < -0.3 is 10.1 Å². The molecule has 1 atom stereocenters. The molecule has 1 heterocycles. The molecule has 0 spiro atoms. The van der Waals surface area contributed by atoms with Crippen molar-refractivity contribution in [2.75, 3.05) is 25.2 Å². The molecule has 1 aliphatic rings. The number of thioether (sulfide) groups is 1. The van der Waals surface area contributed by atoms with Gasteiger partial charge in [-0.3, -0.25) is 4.79 Å². The van der Waals surface area contributed by atoms with Crippen LogP contribution in [0.25, 0.3) is 0 Å². The second kappa shape index (κ2) is 7.14. The minimum Gasteiger partial charge on any atom is -0.376 e. The van der Waals surface area contributed by atoms with Crippen molar-refractivity contribution in [2.24, 2.45) is 0 Å². The Balaban J connectivity index is 2.21. The molecular formula is C14H17F2NO4S2. The van der Waals surface area contributed by atoms with Crippen molar-refractivity contribution in [3.63, 3.8) is 0 Å². The number of sulfone groups is 1. The third-order valence-electron chi connectivity index (χ3n) is 3.74. The Morgan fingerprint density at radius 1 is 1.43 bits per heavy atom. The average Bonchev–Trinajstić information content (AvgIpc) is 3.02. The number of amides is 1. The highest BCUT2D eigenvalue weighted by molar-refractivity contribution is 7.99. The van der Waals surface area contributed by atoms with E-state index in [9.17, 15) is 22.0 Å². The van der Waals surface area contributed by atoms with Gasteiger partial charge in [0.25, 0.3) is 5.91 Å². The Kier molecular flexibility index (Phi) is 5.64. The van der Waals surface area contributed by atoms with Crippen LogP contribution in [0.3, 0.4) is 0 Å². The number of methoxy groups -OCH3 is 1. The third-order valence-corrected chi connectivity index (χ3v) is 6.41. The van der Waals surface area contributed by atoms with E-state index >= 15 is 0 Å². The van der Waals surface area contributed by atoms with Gasteiger partial charge in [-0.05, 0) is 24.3 Å². The molecule has 1 aromatic rings. The zero-order chi connectivity index (χ0) is 17.1. The van der Waals surface area contributed by atoms with Gasteiger partial charge in [-0.1, -0.05) is 12.1 Å². The molecule has 1 amide bonds. The Labute approximate surface area is 137 Å². The molecule has 0 aliphatic carbocycles. The predicted molar refractivity (Wildman–Crippen MR) is 83.6 cm³/mol. The predicted octanol–water partition coefficient (Wildman–Crippen LogP) is 1.93. The first-order valence-corrected chi connectivity index (χ1v) is 9.55. The topological polar surface area (TPSA) is 72.5 Å². The smallest absolute Gasteiger partial charge is 0.341 e. The van der Waals surface area contributed by atoms with Crippen LogP contribution in [0.2, 0.25) is 0 Å². The molecule has 1 aliphatic heterocycles. The van der Waals surface area contributed by atoms with Gasteiger partial charge in [0.15, 0.2) is 0 Å². The highest BCUT2D eigenvalue weighted by atomic mass is 32.2. The maximum atomic E-state index is 12.7. The summed E-state index contributed by atoms with van der Waals surface area (Å²) in [5.41, 5.74) is -0.790. The number of carbonyl (C=O) groups is 1. The highest BCUT2D eigenvalue weighted by Crippen LogP contribution is 2.30. The molecule has 5 nitrogen and oxygen atoms in total. The quantitative estimate of drug-likeness (QED) is 0.834. The van der Waals surface area contributed by atoms with Gasteiger partial charge in [0, 0.05) is 19.4 Å². The van der Waals surface area contributed by atoms with Gasteiger partial charge in [-0.15, -0.1) is 0 Å². The first-order valence-electron chi connectivity index (χ1n) is 6.85. The molecule has 128 valence electrons. The number of hydrogen-bond acceptors (Lipinski definition) is 5. The summed E-state index contributed by atoms with van der Waals surface area (Å²) >= 11 is 1.69. The van der Waals surface area contributed by atoms with Gasteiger partial charge in [0.2, 0.25) is 9.84 Å². The van der Waals surface area contributed by atoms with Crippen molar-refractivity contribution in [1.29, 1.82) is 0 Å². The number of ether oxygens (including phenoxy) is 1. The fourth-order valence-corrected chi connectivity index (χ4v) is 4.62. The average molecular weight is 365 g/mol. The Hall–Kier alpha value is -1.19. The van der Waals surface area contributed by atoms with E-state index in [4.69, 9.17) is 4.74 Å². The number of rotatable bonds is 6. The maximum Gasteiger partial charge on any atom is 0.341 e. The largest absolute Gasteiger partial charge is 0.376 e. The molecule has 0 bridgehead atoms. The highest BCUT2D eigenvalue weighted by Gasteiger charge is 2.36. The summed E-state index contributed by atoms with van der Waals surface area (Å²) in [6, 6.07) is 4.95. The molecular weight excluding hydrogens is 348 g/mol. The van der Waals surface area contributed by atoms with Crippen molar-refractivity contribution in [1.82, 2.24) is 5.32 Å². The van der Waals surface area contributed by atoms with E-state index in [0.717, 1.165) is 18.2 Å². The molecule has 1 fully saturated rings. The zero-order valence-corrected chi connectivity index (χ0v) is 14.1. The van der Waals surface area contributed by atoms with Crippen LogP contribution in [0.15, 0.2) is 29.2 Å². The van der Waals surface area contributed by atoms with E-state index < -0.39 is 32.0 Å². The van der Waals surface area contributed by atoms with Crippen LogP contribution < -0.4 is 5.32 Å². The van der Waals surface area contributed by atoms with E-state index in [1.165, 1.54) is 18.2 Å². The van der Waals surface area contributed by atoms with Crippen LogP contribution in [0.1, 0.15) is 16.8 Å². The van der Waals surface area contributed by atoms with Gasteiger partial charge in [-0.2, -0.15) is 20.5 Å². The molecule has 23 heavy (non-hydrogen) atoms. The minimum absolute atomic E-state index is 0.193. The standard InChI is InChI=1S/C14H17F2NO4S2/c1-21-14(6-7-22-9-14)8-17-12(18)10-4-2-3-5-11(10)23(19,20)13(15)16/h2-5,13H,6-9H2,1H3,(H,17,18). The molecule has 1 aromatic carbocycles. The second-order valence-corrected chi connectivity index (χ2v) is 8.17. The number of nitrogens with one attached hydrogen (secondary N) is 1. The first-order chi connectivity index (χ1) is 10.8. The van der Waals surface area contributed by atoms with Crippen LogP contribution >= 0.6 is 11.8 Å². The van der Waals surface area contributed by atoms with E-state index in [1.807, 2.05) is 0 Å². The summed E-state index contributed by atoms with van der Waals surface area (Å²) in [7, 11) is -3.29. The van der Waals surface area contributed by atoms with Crippen LogP contribution in [0.4, 0.5) is 8.78 Å². The number of halogens is 2. The fourth-order valence-electron chi connectivity index (χ4n) is 2.30. The van der Waals surface area contributed by atoms with E-state index in [2.05, 4.69) is 5.32 Å². The Morgan fingerprint density at radius 3 is 2.70 bits per heavy atom. The Bertz CT molecular complexity index is 673. The molecule has 1 N–H and O–H groups in total. The summed E-state index contributed by atoms with van der Waals surface area (Å²) in [5, 5.41) is 2.60. The normalized spacial score (nSPS) is 21.6. The second-order valence-electron chi connectivity index (χ2n) is 5.17. The summed E-state index contributed by atoms with van der Waals surface area (Å²) in [4.78, 5) is 11.6. The van der Waals surface area contributed by atoms with Crippen molar-refractivity contribution < 1.29 is 26.7 Å². The number of hydrogen-bond donors (Lipinski definition) is 1. The summed E-state index contributed by atoms with van der Waals surface area (Å²) in [6.07, 6.45) is 0.755. The molecule has 1 saturated heterocycles. The SMILES string of the molecule is COC1(CNC(=O)c2ccccc2S(=O)(=O)C(F)F)CCSC1. The maximum absolute atomic E-state index is 12.7. The van der Waals surface area contributed by atoms with E-state index in [0.29, 0.717) is 5.75 Å². The van der Waals surface area contributed by atoms with Crippen molar-refractivity contribution >= 4 is 27.5 Å². The van der Waals surface area contributed by atoms with Crippen molar-refractivity contribution in [3.8, 4) is 0 Å². The van der Waals surface area contributed by atoms with E-state index in [1.54, 1.807) is 18.9 Å². The lowest BCUT2D eigenvalue weighted by molar-refractivity contribution is 0.0137. The summed E-state index contributed by atoms with van der Waals surface area (Å²) in [5.74, 6) is -2.67. The van der Waals surface area contributed by atoms with Gasteiger partial charge >= 0.3 is 5.76 Å². The fraction of sp³-hybridized carbons (Fsp3) is 0.500. The number of benzene rings is 1. The zero-order valence-electron chi connectivity index (χ0n) is 12.4. The van der Waals surface area contributed by atoms with Crippen molar-refractivity contribution in [2.45, 2.75) is 22.7 Å². The molecule has 2 rings (SSSR count). The number of carbonyl (C=O) groups excluding carboxylic acids is 1. The lowest BCUT2D eigenvalue weighted by Gasteiger charge is -2.27. The van der Waals surface area contributed by atoms with Crippen LogP contribution in [-0.2, 0) is 14.6 Å². The number of alkyl halides is 2. The summed E-state index contributed by atoms with van der Waals surface area (Å²) in [6.45, 7) is 0.193. The Morgan fingerprint density at radius 2 is 2.13 bits per heavy atom. The molecule has 0 saturated carbocycles.